The topological polar surface area (TPSA) is 56.8 Å². The van der Waals surface area contributed by atoms with Gasteiger partial charge in [-0.15, -0.1) is 0 Å². The molecule has 1 N–H and O–H groups in total. The largest absolute Gasteiger partial charge is 0.460 e. The van der Waals surface area contributed by atoms with Gasteiger partial charge in [-0.3, -0.25) is 4.79 Å². The average molecular weight is 247 g/mol. The van der Waals surface area contributed by atoms with E-state index in [2.05, 4.69) is 5.32 Å². The summed E-state index contributed by atoms with van der Waals surface area (Å²) in [7, 11) is 3.15. The molecule has 0 fully saturated rings. The Bertz CT molecular complexity index is 221. The first-order chi connectivity index (χ1) is 7.80. The summed E-state index contributed by atoms with van der Waals surface area (Å²) in [4.78, 5) is 11.6. The highest BCUT2D eigenvalue weighted by atomic mass is 16.7. The number of hydrogen-bond donors (Lipinski definition) is 1. The normalized spacial score (nSPS) is 13.8. The first-order valence-electron chi connectivity index (χ1n) is 5.79. The van der Waals surface area contributed by atoms with Crippen molar-refractivity contribution in [3.05, 3.63) is 0 Å². The van der Waals surface area contributed by atoms with E-state index in [9.17, 15) is 4.79 Å². The molecule has 5 nitrogen and oxygen atoms in total. The van der Waals surface area contributed by atoms with Crippen LogP contribution in [0.3, 0.4) is 0 Å². The van der Waals surface area contributed by atoms with Gasteiger partial charge in [-0.05, 0) is 20.8 Å². The molecule has 0 rings (SSSR count). The highest BCUT2D eigenvalue weighted by Crippen LogP contribution is 2.10. The van der Waals surface area contributed by atoms with Crippen molar-refractivity contribution < 1.29 is 19.0 Å². The molecule has 17 heavy (non-hydrogen) atoms. The van der Waals surface area contributed by atoms with Gasteiger partial charge < -0.3 is 19.5 Å². The van der Waals surface area contributed by atoms with Gasteiger partial charge in [-0.1, -0.05) is 6.92 Å². The summed E-state index contributed by atoms with van der Waals surface area (Å²) in [6.07, 6.45) is -0.291. The van der Waals surface area contributed by atoms with Crippen LogP contribution in [0, 0.1) is 5.92 Å². The molecule has 0 spiro atoms. The molecule has 0 radical (unpaired) electrons. The van der Waals surface area contributed by atoms with Crippen molar-refractivity contribution in [1.29, 1.82) is 0 Å². The lowest BCUT2D eigenvalue weighted by Crippen LogP contribution is -2.36. The van der Waals surface area contributed by atoms with E-state index in [0.717, 1.165) is 0 Å². The fourth-order valence-corrected chi connectivity index (χ4v) is 1.17. The van der Waals surface area contributed by atoms with Crippen molar-refractivity contribution in [3.8, 4) is 0 Å². The van der Waals surface area contributed by atoms with Crippen LogP contribution in [0.5, 0.6) is 0 Å². The molecular formula is C12H25NO4. The fraction of sp³-hybridized carbons (Fsp3) is 0.917. The SMILES string of the molecule is COC(CNC[C@H](C)C(=O)OC(C)(C)C)OC. The van der Waals surface area contributed by atoms with Crippen LogP contribution < -0.4 is 5.32 Å². The summed E-state index contributed by atoms with van der Waals surface area (Å²) in [5.41, 5.74) is -0.438. The zero-order valence-electron chi connectivity index (χ0n) is 11.7. The maximum Gasteiger partial charge on any atom is 0.310 e. The Labute approximate surface area is 104 Å². The third-order valence-electron chi connectivity index (χ3n) is 2.10. The lowest BCUT2D eigenvalue weighted by Gasteiger charge is -2.22. The van der Waals surface area contributed by atoms with Crippen molar-refractivity contribution in [1.82, 2.24) is 5.32 Å². The third kappa shape index (κ3) is 8.12. The second-order valence-electron chi connectivity index (χ2n) is 4.99. The Morgan fingerprint density at radius 2 is 1.71 bits per heavy atom. The van der Waals surface area contributed by atoms with Crippen LogP contribution in [0.2, 0.25) is 0 Å². The molecule has 0 saturated heterocycles. The predicted molar refractivity (Wildman–Crippen MR) is 65.7 cm³/mol. The monoisotopic (exact) mass is 247 g/mol. The summed E-state index contributed by atoms with van der Waals surface area (Å²) in [5.74, 6) is -0.389. The Kier molecular flexibility index (Phi) is 7.34. The summed E-state index contributed by atoms with van der Waals surface area (Å²) < 4.78 is 15.3. The minimum Gasteiger partial charge on any atom is -0.460 e. The van der Waals surface area contributed by atoms with E-state index in [1.165, 1.54) is 0 Å². The molecular weight excluding hydrogens is 222 g/mol. The van der Waals surface area contributed by atoms with Gasteiger partial charge in [0.15, 0.2) is 6.29 Å². The molecule has 1 atom stereocenters. The van der Waals surface area contributed by atoms with Crippen LogP contribution in [0.4, 0.5) is 0 Å². The standard InChI is InChI=1S/C12H25NO4/c1-9(11(14)17-12(2,3)4)7-13-8-10(15-5)16-6/h9-10,13H,7-8H2,1-6H3/t9-/m0/s1. The van der Waals surface area contributed by atoms with E-state index in [4.69, 9.17) is 14.2 Å². The smallest absolute Gasteiger partial charge is 0.310 e. The number of ether oxygens (including phenoxy) is 3. The molecule has 0 amide bonds. The molecule has 0 aliphatic carbocycles. The molecule has 0 saturated carbocycles. The minimum absolute atomic E-state index is 0.191. The van der Waals surface area contributed by atoms with Gasteiger partial charge in [0, 0.05) is 27.3 Å². The van der Waals surface area contributed by atoms with E-state index in [-0.39, 0.29) is 18.2 Å². The van der Waals surface area contributed by atoms with Gasteiger partial charge in [-0.25, -0.2) is 0 Å². The maximum absolute atomic E-state index is 11.6. The molecule has 0 aliphatic heterocycles. The first kappa shape index (κ1) is 16.4. The third-order valence-corrected chi connectivity index (χ3v) is 2.10. The number of hydrogen-bond acceptors (Lipinski definition) is 5. The quantitative estimate of drug-likeness (QED) is 0.540. The first-order valence-corrected chi connectivity index (χ1v) is 5.79. The number of nitrogens with one attached hydrogen (secondary N) is 1. The Balaban J connectivity index is 3.86. The van der Waals surface area contributed by atoms with Crippen LogP contribution in [0.1, 0.15) is 27.7 Å². The lowest BCUT2D eigenvalue weighted by atomic mass is 10.1. The number of carbonyl (C=O) groups is 1. The predicted octanol–water partition coefficient (Wildman–Crippen LogP) is 1.17. The maximum atomic E-state index is 11.6. The van der Waals surface area contributed by atoms with Crippen LogP contribution in [0.15, 0.2) is 0 Å². The molecule has 0 aromatic rings. The van der Waals surface area contributed by atoms with Crippen molar-refractivity contribution >= 4 is 5.97 Å². The molecule has 5 heteroatoms. The van der Waals surface area contributed by atoms with Gasteiger partial charge in [0.05, 0.1) is 5.92 Å². The van der Waals surface area contributed by atoms with Crippen molar-refractivity contribution in [3.63, 3.8) is 0 Å². The van der Waals surface area contributed by atoms with Crippen LogP contribution in [-0.4, -0.2) is 45.2 Å². The molecule has 0 aromatic heterocycles. The van der Waals surface area contributed by atoms with E-state index < -0.39 is 5.60 Å². The highest BCUT2D eigenvalue weighted by Gasteiger charge is 2.21. The molecule has 0 unspecified atom stereocenters. The van der Waals surface area contributed by atoms with Crippen molar-refractivity contribution in [2.75, 3.05) is 27.3 Å². The second-order valence-corrected chi connectivity index (χ2v) is 4.99. The molecule has 0 bridgehead atoms. The Morgan fingerprint density at radius 3 is 2.12 bits per heavy atom. The van der Waals surface area contributed by atoms with Crippen LogP contribution in [-0.2, 0) is 19.0 Å². The van der Waals surface area contributed by atoms with Crippen LogP contribution in [0.25, 0.3) is 0 Å². The summed E-state index contributed by atoms with van der Waals surface area (Å²) in [5, 5.41) is 3.10. The summed E-state index contributed by atoms with van der Waals surface area (Å²) in [6.45, 7) is 8.48. The van der Waals surface area contributed by atoms with Gasteiger partial charge in [0.25, 0.3) is 0 Å². The van der Waals surface area contributed by atoms with Crippen molar-refractivity contribution in [2.24, 2.45) is 5.92 Å². The van der Waals surface area contributed by atoms with Gasteiger partial charge in [-0.2, -0.15) is 0 Å². The summed E-state index contributed by atoms with van der Waals surface area (Å²) in [6, 6.07) is 0. The highest BCUT2D eigenvalue weighted by molar-refractivity contribution is 5.72. The van der Waals surface area contributed by atoms with Gasteiger partial charge >= 0.3 is 5.97 Å². The summed E-state index contributed by atoms with van der Waals surface area (Å²) >= 11 is 0. The lowest BCUT2D eigenvalue weighted by molar-refractivity contribution is -0.159. The molecule has 0 aliphatic rings. The zero-order valence-corrected chi connectivity index (χ0v) is 11.7. The average Bonchev–Trinajstić information content (AvgIpc) is 2.21. The van der Waals surface area contributed by atoms with E-state index in [1.54, 1.807) is 14.2 Å². The number of methoxy groups -OCH3 is 2. The van der Waals surface area contributed by atoms with Crippen LogP contribution >= 0.6 is 0 Å². The van der Waals surface area contributed by atoms with E-state index in [0.29, 0.717) is 13.1 Å². The molecule has 0 aromatic carbocycles. The second kappa shape index (κ2) is 7.63. The molecule has 102 valence electrons. The zero-order chi connectivity index (χ0) is 13.5. The number of esters is 1. The van der Waals surface area contributed by atoms with Gasteiger partial charge in [0.2, 0.25) is 0 Å². The fourth-order valence-electron chi connectivity index (χ4n) is 1.17. The Morgan fingerprint density at radius 1 is 1.18 bits per heavy atom. The van der Waals surface area contributed by atoms with E-state index >= 15 is 0 Å². The minimum atomic E-state index is -0.438. The Hall–Kier alpha value is -0.650. The van der Waals surface area contributed by atoms with E-state index in [1.807, 2.05) is 27.7 Å². The van der Waals surface area contributed by atoms with Crippen molar-refractivity contribution in [2.45, 2.75) is 39.6 Å². The number of carbonyl (C=O) groups excluding carboxylic acids is 1. The molecule has 0 heterocycles. The van der Waals surface area contributed by atoms with Gasteiger partial charge in [0.1, 0.15) is 5.60 Å². The number of rotatable bonds is 7.